The SMILES string of the molecule is COC[C@H]1O[C@@H](O)[C@H](O)[C@@H](OC)[C@H]1O. The van der Waals surface area contributed by atoms with E-state index in [1.54, 1.807) is 0 Å². The molecule has 0 amide bonds. The maximum atomic E-state index is 9.65. The Labute approximate surface area is 82.0 Å². The lowest BCUT2D eigenvalue weighted by molar-refractivity contribution is -0.291. The van der Waals surface area contributed by atoms with Crippen LogP contribution in [-0.2, 0) is 14.2 Å². The van der Waals surface area contributed by atoms with Crippen LogP contribution in [-0.4, -0.2) is 66.9 Å². The van der Waals surface area contributed by atoms with Crippen molar-refractivity contribution in [3.05, 3.63) is 0 Å². The van der Waals surface area contributed by atoms with Crippen LogP contribution >= 0.6 is 0 Å². The van der Waals surface area contributed by atoms with Crippen LogP contribution in [0.2, 0.25) is 0 Å². The molecule has 3 N–H and O–H groups in total. The third-order valence-corrected chi connectivity index (χ3v) is 2.26. The van der Waals surface area contributed by atoms with Gasteiger partial charge in [0.25, 0.3) is 0 Å². The Morgan fingerprint density at radius 2 is 1.79 bits per heavy atom. The Balaban J connectivity index is 2.65. The highest BCUT2D eigenvalue weighted by atomic mass is 16.7. The lowest BCUT2D eigenvalue weighted by Crippen LogP contribution is -2.59. The van der Waals surface area contributed by atoms with E-state index in [2.05, 4.69) is 0 Å². The van der Waals surface area contributed by atoms with E-state index in [9.17, 15) is 15.3 Å². The van der Waals surface area contributed by atoms with Crippen molar-refractivity contribution < 1.29 is 29.5 Å². The highest BCUT2D eigenvalue weighted by Gasteiger charge is 2.44. The molecule has 0 radical (unpaired) electrons. The average Bonchev–Trinajstić information content (AvgIpc) is 2.16. The van der Waals surface area contributed by atoms with Gasteiger partial charge in [0.1, 0.15) is 24.4 Å². The highest BCUT2D eigenvalue weighted by molar-refractivity contribution is 4.89. The number of aliphatic hydroxyl groups is 3. The molecule has 1 rings (SSSR count). The van der Waals surface area contributed by atoms with E-state index in [4.69, 9.17) is 14.2 Å². The van der Waals surface area contributed by atoms with Crippen molar-refractivity contribution in [2.75, 3.05) is 20.8 Å². The van der Waals surface area contributed by atoms with Crippen LogP contribution in [0, 0.1) is 0 Å². The summed E-state index contributed by atoms with van der Waals surface area (Å²) >= 11 is 0. The first kappa shape index (κ1) is 11.8. The molecule has 6 heteroatoms. The summed E-state index contributed by atoms with van der Waals surface area (Å²) < 4.78 is 14.6. The largest absolute Gasteiger partial charge is 0.387 e. The van der Waals surface area contributed by atoms with Crippen LogP contribution < -0.4 is 0 Å². The summed E-state index contributed by atoms with van der Waals surface area (Å²) in [7, 11) is 2.80. The summed E-state index contributed by atoms with van der Waals surface area (Å²) in [5.74, 6) is 0. The van der Waals surface area contributed by atoms with Gasteiger partial charge in [0.15, 0.2) is 6.29 Å². The van der Waals surface area contributed by atoms with Crippen molar-refractivity contribution in [2.45, 2.75) is 30.7 Å². The second-order valence-corrected chi connectivity index (χ2v) is 3.20. The molecular weight excluding hydrogens is 192 g/mol. The van der Waals surface area contributed by atoms with E-state index in [-0.39, 0.29) is 6.61 Å². The number of hydrogen-bond acceptors (Lipinski definition) is 6. The Hall–Kier alpha value is -0.240. The van der Waals surface area contributed by atoms with E-state index in [1.165, 1.54) is 14.2 Å². The zero-order valence-corrected chi connectivity index (χ0v) is 8.16. The second-order valence-electron chi connectivity index (χ2n) is 3.20. The molecule has 0 saturated carbocycles. The summed E-state index contributed by atoms with van der Waals surface area (Å²) in [6.45, 7) is 0.130. The predicted octanol–water partition coefficient (Wildman–Crippen LogP) is -1.91. The topological polar surface area (TPSA) is 88.4 Å². The van der Waals surface area contributed by atoms with Gasteiger partial charge in [0, 0.05) is 14.2 Å². The fourth-order valence-electron chi connectivity index (χ4n) is 1.50. The van der Waals surface area contributed by atoms with Crippen molar-refractivity contribution >= 4 is 0 Å². The summed E-state index contributed by atoms with van der Waals surface area (Å²) in [5, 5.41) is 28.3. The van der Waals surface area contributed by atoms with Gasteiger partial charge in [0.05, 0.1) is 6.61 Å². The Kier molecular flexibility index (Phi) is 4.24. The molecule has 0 aliphatic carbocycles. The molecule has 1 fully saturated rings. The molecule has 1 heterocycles. The Morgan fingerprint density at radius 1 is 1.14 bits per heavy atom. The lowest BCUT2D eigenvalue weighted by atomic mass is 9.99. The van der Waals surface area contributed by atoms with Crippen LogP contribution in [0.1, 0.15) is 0 Å². The van der Waals surface area contributed by atoms with Crippen molar-refractivity contribution in [3.8, 4) is 0 Å². The Morgan fingerprint density at radius 3 is 2.29 bits per heavy atom. The minimum Gasteiger partial charge on any atom is -0.387 e. The van der Waals surface area contributed by atoms with Crippen LogP contribution in [0.25, 0.3) is 0 Å². The van der Waals surface area contributed by atoms with Gasteiger partial charge in [-0.05, 0) is 0 Å². The number of rotatable bonds is 3. The summed E-state index contributed by atoms with van der Waals surface area (Å²) in [4.78, 5) is 0. The molecule has 6 nitrogen and oxygen atoms in total. The molecule has 0 bridgehead atoms. The Bertz CT molecular complexity index is 175. The van der Waals surface area contributed by atoms with Crippen molar-refractivity contribution in [1.82, 2.24) is 0 Å². The third-order valence-electron chi connectivity index (χ3n) is 2.26. The fourth-order valence-corrected chi connectivity index (χ4v) is 1.50. The normalized spacial score (nSPS) is 43.9. The second kappa shape index (κ2) is 5.01. The minimum atomic E-state index is -1.36. The zero-order chi connectivity index (χ0) is 10.7. The average molecular weight is 208 g/mol. The van der Waals surface area contributed by atoms with Crippen LogP contribution in [0.4, 0.5) is 0 Å². The molecule has 0 aromatic carbocycles. The summed E-state index contributed by atoms with van der Waals surface area (Å²) in [6, 6.07) is 0. The summed E-state index contributed by atoms with van der Waals surface area (Å²) in [5.41, 5.74) is 0. The molecule has 0 aromatic heterocycles. The van der Waals surface area contributed by atoms with Crippen molar-refractivity contribution in [3.63, 3.8) is 0 Å². The molecule has 0 spiro atoms. The first-order chi connectivity index (χ1) is 6.61. The predicted molar refractivity (Wildman–Crippen MR) is 45.6 cm³/mol. The van der Waals surface area contributed by atoms with Gasteiger partial charge in [0.2, 0.25) is 0 Å². The molecule has 0 unspecified atom stereocenters. The standard InChI is InChI=1S/C8H16O6/c1-12-3-4-5(9)7(13-2)6(10)8(11)14-4/h4-11H,3H2,1-2H3/t4-,5+,6-,7+,8-/m1/s1. The van der Waals surface area contributed by atoms with Crippen LogP contribution in [0.5, 0.6) is 0 Å². The van der Waals surface area contributed by atoms with E-state index in [1.807, 2.05) is 0 Å². The number of hydrogen-bond donors (Lipinski definition) is 3. The van der Waals surface area contributed by atoms with Gasteiger partial charge < -0.3 is 29.5 Å². The molecular formula is C8H16O6. The summed E-state index contributed by atoms with van der Waals surface area (Å²) in [6.07, 6.45) is -5.17. The molecule has 1 aliphatic heterocycles. The van der Waals surface area contributed by atoms with Gasteiger partial charge >= 0.3 is 0 Å². The molecule has 1 saturated heterocycles. The molecule has 1 aliphatic rings. The molecule has 5 atom stereocenters. The third kappa shape index (κ3) is 2.22. The fraction of sp³-hybridized carbons (Fsp3) is 1.00. The monoisotopic (exact) mass is 208 g/mol. The first-order valence-electron chi connectivity index (χ1n) is 4.33. The number of methoxy groups -OCH3 is 2. The van der Waals surface area contributed by atoms with Crippen LogP contribution in [0.15, 0.2) is 0 Å². The van der Waals surface area contributed by atoms with Gasteiger partial charge in [-0.2, -0.15) is 0 Å². The number of aliphatic hydroxyl groups excluding tert-OH is 3. The van der Waals surface area contributed by atoms with Gasteiger partial charge in [-0.3, -0.25) is 0 Å². The smallest absolute Gasteiger partial charge is 0.184 e. The van der Waals surface area contributed by atoms with Crippen molar-refractivity contribution in [1.29, 1.82) is 0 Å². The highest BCUT2D eigenvalue weighted by Crippen LogP contribution is 2.21. The van der Waals surface area contributed by atoms with Crippen molar-refractivity contribution in [2.24, 2.45) is 0 Å². The first-order valence-corrected chi connectivity index (χ1v) is 4.33. The minimum absolute atomic E-state index is 0.130. The molecule has 84 valence electrons. The lowest BCUT2D eigenvalue weighted by Gasteiger charge is -2.39. The quantitative estimate of drug-likeness (QED) is 0.501. The van der Waals surface area contributed by atoms with Gasteiger partial charge in [-0.25, -0.2) is 0 Å². The van der Waals surface area contributed by atoms with Gasteiger partial charge in [-0.15, -0.1) is 0 Å². The maximum Gasteiger partial charge on any atom is 0.184 e. The molecule has 0 aromatic rings. The molecule has 14 heavy (non-hydrogen) atoms. The van der Waals surface area contributed by atoms with Crippen LogP contribution in [0.3, 0.4) is 0 Å². The van der Waals surface area contributed by atoms with E-state index in [0.717, 1.165) is 0 Å². The maximum absolute atomic E-state index is 9.65. The van der Waals surface area contributed by atoms with E-state index >= 15 is 0 Å². The number of ether oxygens (including phenoxy) is 3. The zero-order valence-electron chi connectivity index (χ0n) is 8.16. The van der Waals surface area contributed by atoms with E-state index in [0.29, 0.717) is 0 Å². The van der Waals surface area contributed by atoms with Gasteiger partial charge in [-0.1, -0.05) is 0 Å². The van der Waals surface area contributed by atoms with E-state index < -0.39 is 30.7 Å².